The van der Waals surface area contributed by atoms with Crippen molar-refractivity contribution in [2.45, 2.75) is 26.0 Å². The summed E-state index contributed by atoms with van der Waals surface area (Å²) in [6.45, 7) is 8.70. The van der Waals surface area contributed by atoms with Gasteiger partial charge in [-0.2, -0.15) is 9.97 Å². The number of fused-ring (bicyclic) bond motifs is 1. The minimum Gasteiger partial charge on any atom is -0.378 e. The van der Waals surface area contributed by atoms with Crippen LogP contribution >= 0.6 is 0 Å². The van der Waals surface area contributed by atoms with Gasteiger partial charge in [0.15, 0.2) is 0 Å². The summed E-state index contributed by atoms with van der Waals surface area (Å²) in [6.07, 6.45) is 0.128. The number of nitrogens with two attached hydrogens (primary N) is 1. The summed E-state index contributed by atoms with van der Waals surface area (Å²) >= 11 is 0. The van der Waals surface area contributed by atoms with E-state index in [2.05, 4.69) is 34.7 Å². The van der Waals surface area contributed by atoms with Gasteiger partial charge in [-0.3, -0.25) is 0 Å². The van der Waals surface area contributed by atoms with Gasteiger partial charge in [-0.15, -0.1) is 0 Å². The second kappa shape index (κ2) is 7.73. The normalized spacial score (nSPS) is 22.6. The van der Waals surface area contributed by atoms with Gasteiger partial charge in [0, 0.05) is 25.7 Å². The van der Waals surface area contributed by atoms with Crippen LogP contribution in [0.1, 0.15) is 13.8 Å². The Morgan fingerprint density at radius 2 is 1.73 bits per heavy atom. The monoisotopic (exact) mass is 409 g/mol. The van der Waals surface area contributed by atoms with Crippen LogP contribution in [0.5, 0.6) is 0 Å². The topological polar surface area (TPSA) is 94.6 Å². The van der Waals surface area contributed by atoms with E-state index in [-0.39, 0.29) is 12.1 Å². The minimum absolute atomic E-state index is 0.128. The standard InChI is InChI=1S/C21H27N7O2/c1-14-15(2)30-12-9-27(14)19-13-18(26-7-10-29-11-8-26)24-21(25-19)28-17-6-4-3-5-16(17)23-20(28)22/h3-6,13-15H,7-12H2,1-2H3,(H2,22,23)/t14-,15+/m1/s1. The van der Waals surface area contributed by atoms with Crippen LogP contribution in [0.2, 0.25) is 0 Å². The average Bonchev–Trinajstić information content (AvgIpc) is 3.11. The Morgan fingerprint density at radius 3 is 2.57 bits per heavy atom. The first-order valence-electron chi connectivity index (χ1n) is 10.4. The first-order chi connectivity index (χ1) is 14.6. The van der Waals surface area contributed by atoms with Crippen molar-refractivity contribution in [1.82, 2.24) is 19.5 Å². The zero-order valence-corrected chi connectivity index (χ0v) is 17.4. The Morgan fingerprint density at radius 1 is 0.967 bits per heavy atom. The number of benzene rings is 1. The van der Waals surface area contributed by atoms with E-state index in [1.165, 1.54) is 0 Å². The molecule has 0 radical (unpaired) electrons. The lowest BCUT2D eigenvalue weighted by Gasteiger charge is -2.39. The summed E-state index contributed by atoms with van der Waals surface area (Å²) in [5.41, 5.74) is 8.01. The van der Waals surface area contributed by atoms with E-state index in [1.54, 1.807) is 0 Å². The fourth-order valence-corrected chi connectivity index (χ4v) is 4.12. The van der Waals surface area contributed by atoms with Crippen LogP contribution in [0.3, 0.4) is 0 Å². The van der Waals surface area contributed by atoms with Crippen LogP contribution in [0, 0.1) is 0 Å². The Kier molecular flexibility index (Phi) is 4.92. The lowest BCUT2D eigenvalue weighted by Crippen LogP contribution is -2.49. The number of hydrogen-bond acceptors (Lipinski definition) is 8. The lowest BCUT2D eigenvalue weighted by molar-refractivity contribution is 0.0281. The molecule has 1 aromatic carbocycles. The maximum Gasteiger partial charge on any atom is 0.241 e. The van der Waals surface area contributed by atoms with Gasteiger partial charge in [-0.1, -0.05) is 12.1 Å². The number of nitrogens with zero attached hydrogens (tertiary/aromatic N) is 6. The maximum atomic E-state index is 6.30. The largest absolute Gasteiger partial charge is 0.378 e. The second-order valence-electron chi connectivity index (χ2n) is 7.79. The number of ether oxygens (including phenoxy) is 2. The molecule has 9 nitrogen and oxygen atoms in total. The summed E-state index contributed by atoms with van der Waals surface area (Å²) in [7, 11) is 0. The van der Waals surface area contributed by atoms with Crippen molar-refractivity contribution in [3.8, 4) is 5.95 Å². The molecule has 30 heavy (non-hydrogen) atoms. The smallest absolute Gasteiger partial charge is 0.241 e. The number of nitrogen functional groups attached to an aromatic ring is 1. The first-order valence-corrected chi connectivity index (χ1v) is 10.4. The third-order valence-corrected chi connectivity index (χ3v) is 5.99. The molecule has 5 rings (SSSR count). The molecule has 2 aromatic heterocycles. The highest BCUT2D eigenvalue weighted by atomic mass is 16.5. The fourth-order valence-electron chi connectivity index (χ4n) is 4.12. The van der Waals surface area contributed by atoms with Gasteiger partial charge >= 0.3 is 0 Å². The molecule has 0 spiro atoms. The molecule has 3 aromatic rings. The highest BCUT2D eigenvalue weighted by Gasteiger charge is 2.28. The van der Waals surface area contributed by atoms with Gasteiger partial charge in [-0.05, 0) is 26.0 Å². The molecule has 0 saturated carbocycles. The molecule has 2 saturated heterocycles. The molecule has 9 heteroatoms. The number of para-hydroxylation sites is 2. The molecule has 2 aliphatic rings. The van der Waals surface area contributed by atoms with E-state index in [0.717, 1.165) is 42.3 Å². The van der Waals surface area contributed by atoms with Crippen LogP contribution in [-0.2, 0) is 9.47 Å². The zero-order chi connectivity index (χ0) is 20.7. The van der Waals surface area contributed by atoms with Gasteiger partial charge in [0.2, 0.25) is 11.9 Å². The molecular formula is C21H27N7O2. The maximum absolute atomic E-state index is 6.30. The molecule has 2 atom stereocenters. The van der Waals surface area contributed by atoms with Crippen LogP contribution in [0.15, 0.2) is 30.3 Å². The number of hydrogen-bond donors (Lipinski definition) is 1. The van der Waals surface area contributed by atoms with Gasteiger partial charge in [0.1, 0.15) is 11.6 Å². The fraction of sp³-hybridized carbons (Fsp3) is 0.476. The molecule has 0 unspecified atom stereocenters. The summed E-state index contributed by atoms with van der Waals surface area (Å²) in [5, 5.41) is 0. The predicted molar refractivity (Wildman–Crippen MR) is 116 cm³/mol. The van der Waals surface area contributed by atoms with E-state index in [9.17, 15) is 0 Å². The third kappa shape index (κ3) is 3.33. The number of anilines is 3. The van der Waals surface area contributed by atoms with Crippen molar-refractivity contribution in [3.05, 3.63) is 30.3 Å². The van der Waals surface area contributed by atoms with E-state index in [0.29, 0.717) is 31.7 Å². The summed E-state index contributed by atoms with van der Waals surface area (Å²) in [5.74, 6) is 2.67. The molecule has 158 valence electrons. The van der Waals surface area contributed by atoms with Crippen LogP contribution in [-0.4, -0.2) is 71.1 Å². The molecule has 0 bridgehead atoms. The van der Waals surface area contributed by atoms with E-state index >= 15 is 0 Å². The Labute approximate surface area is 175 Å². The van der Waals surface area contributed by atoms with Gasteiger partial charge in [-0.25, -0.2) is 9.55 Å². The number of imidazole rings is 1. The Balaban J connectivity index is 1.65. The Hall–Kier alpha value is -2.91. The van der Waals surface area contributed by atoms with Gasteiger partial charge in [0.05, 0.1) is 43.0 Å². The van der Waals surface area contributed by atoms with E-state index in [4.69, 9.17) is 25.2 Å². The third-order valence-electron chi connectivity index (χ3n) is 5.99. The van der Waals surface area contributed by atoms with Gasteiger partial charge < -0.3 is 25.0 Å². The number of rotatable bonds is 3. The number of morpholine rings is 2. The zero-order valence-electron chi connectivity index (χ0n) is 17.4. The van der Waals surface area contributed by atoms with E-state index < -0.39 is 0 Å². The molecule has 2 aliphatic heterocycles. The van der Waals surface area contributed by atoms with Crippen molar-refractivity contribution in [2.24, 2.45) is 0 Å². The molecule has 0 aliphatic carbocycles. The SMILES string of the molecule is C[C@@H]1OCCN(c2cc(N3CCOCC3)nc(-n3c(N)nc4ccccc43)n2)[C@@H]1C. The quantitative estimate of drug-likeness (QED) is 0.700. The highest BCUT2D eigenvalue weighted by molar-refractivity contribution is 5.80. The minimum atomic E-state index is 0.128. The van der Waals surface area contributed by atoms with Crippen molar-refractivity contribution in [2.75, 3.05) is 55.0 Å². The molecule has 2 N–H and O–H groups in total. The van der Waals surface area contributed by atoms with Gasteiger partial charge in [0.25, 0.3) is 0 Å². The average molecular weight is 409 g/mol. The molecule has 0 amide bonds. The second-order valence-corrected chi connectivity index (χ2v) is 7.79. The Bertz CT molecular complexity index is 1050. The highest BCUT2D eigenvalue weighted by Crippen LogP contribution is 2.28. The van der Waals surface area contributed by atoms with Crippen molar-refractivity contribution < 1.29 is 9.47 Å². The van der Waals surface area contributed by atoms with Crippen LogP contribution in [0.25, 0.3) is 17.0 Å². The van der Waals surface area contributed by atoms with Crippen LogP contribution in [0.4, 0.5) is 17.6 Å². The van der Waals surface area contributed by atoms with Crippen molar-refractivity contribution in [3.63, 3.8) is 0 Å². The predicted octanol–water partition coefficient (Wildman–Crippen LogP) is 1.85. The molecule has 4 heterocycles. The van der Waals surface area contributed by atoms with Crippen molar-refractivity contribution >= 4 is 28.6 Å². The molecule has 2 fully saturated rings. The van der Waals surface area contributed by atoms with E-state index in [1.807, 2.05) is 28.8 Å². The summed E-state index contributed by atoms with van der Waals surface area (Å²) < 4.78 is 13.2. The first kappa shape index (κ1) is 19.1. The summed E-state index contributed by atoms with van der Waals surface area (Å²) in [4.78, 5) is 18.9. The van der Waals surface area contributed by atoms with Crippen molar-refractivity contribution in [1.29, 1.82) is 0 Å². The number of aromatic nitrogens is 4. The molecular weight excluding hydrogens is 382 g/mol. The lowest BCUT2D eigenvalue weighted by atomic mass is 10.1. The summed E-state index contributed by atoms with van der Waals surface area (Å²) in [6, 6.07) is 10.1. The van der Waals surface area contributed by atoms with Crippen LogP contribution < -0.4 is 15.5 Å².